The monoisotopic (exact) mass is 346 g/mol. The first-order valence-corrected chi connectivity index (χ1v) is 9.34. The van der Waals surface area contributed by atoms with Gasteiger partial charge >= 0.3 is 0 Å². The molecule has 2 aromatic carbocycles. The van der Waals surface area contributed by atoms with Crippen molar-refractivity contribution in [2.45, 2.75) is 10.1 Å². The molecule has 0 amide bonds. The summed E-state index contributed by atoms with van der Waals surface area (Å²) >= 11 is 3.24. The fraction of sp³-hybridized carbons (Fsp3) is 0. The van der Waals surface area contributed by atoms with Crippen LogP contribution in [0.4, 0.5) is 0 Å². The van der Waals surface area contributed by atoms with E-state index in [1.54, 1.807) is 23.5 Å². The number of nitrogens with zero attached hydrogens (tertiary/aromatic N) is 2. The SMILES string of the molecule is C(=C\Sc1ccc2ccccc2n1)/Sc1ccc2ccccc2n1. The summed E-state index contributed by atoms with van der Waals surface area (Å²) in [7, 11) is 0. The number of pyridine rings is 2. The quantitative estimate of drug-likeness (QED) is 0.415. The molecule has 0 aliphatic heterocycles. The Morgan fingerprint density at radius 2 is 1.00 bits per heavy atom. The Hall–Kier alpha value is -2.30. The minimum absolute atomic E-state index is 0.997. The summed E-state index contributed by atoms with van der Waals surface area (Å²) in [6.07, 6.45) is 0. The van der Waals surface area contributed by atoms with Crippen LogP contribution < -0.4 is 0 Å². The van der Waals surface area contributed by atoms with E-state index in [0.29, 0.717) is 0 Å². The van der Waals surface area contributed by atoms with Crippen molar-refractivity contribution >= 4 is 45.3 Å². The Kier molecular flexibility index (Phi) is 4.49. The molecule has 24 heavy (non-hydrogen) atoms. The Balaban J connectivity index is 1.44. The summed E-state index contributed by atoms with van der Waals surface area (Å²) in [6, 6.07) is 24.6. The number of para-hydroxylation sites is 2. The zero-order chi connectivity index (χ0) is 16.2. The summed E-state index contributed by atoms with van der Waals surface area (Å²) in [4.78, 5) is 9.30. The average molecular weight is 346 g/mol. The van der Waals surface area contributed by atoms with Gasteiger partial charge in [-0.05, 0) is 35.1 Å². The molecule has 0 unspecified atom stereocenters. The summed E-state index contributed by atoms with van der Waals surface area (Å²) < 4.78 is 0. The maximum Gasteiger partial charge on any atom is 0.101 e. The molecule has 0 atom stereocenters. The average Bonchev–Trinajstić information content (AvgIpc) is 2.65. The Morgan fingerprint density at radius 3 is 1.50 bits per heavy atom. The molecule has 2 nitrogen and oxygen atoms in total. The first-order valence-electron chi connectivity index (χ1n) is 7.58. The summed E-state index contributed by atoms with van der Waals surface area (Å²) in [6.45, 7) is 0. The predicted octanol–water partition coefficient (Wildman–Crippen LogP) is 6.14. The van der Waals surface area contributed by atoms with Crippen molar-refractivity contribution in [2.75, 3.05) is 0 Å². The smallest absolute Gasteiger partial charge is 0.101 e. The van der Waals surface area contributed by atoms with E-state index in [4.69, 9.17) is 0 Å². The van der Waals surface area contributed by atoms with Crippen molar-refractivity contribution in [3.8, 4) is 0 Å². The highest BCUT2D eigenvalue weighted by Gasteiger charge is 1.98. The summed E-state index contributed by atoms with van der Waals surface area (Å²) in [5.41, 5.74) is 2.06. The van der Waals surface area contributed by atoms with Crippen LogP contribution in [0, 0.1) is 0 Å². The number of benzene rings is 2. The van der Waals surface area contributed by atoms with Crippen LogP contribution in [0.3, 0.4) is 0 Å². The Bertz CT molecular complexity index is 945. The van der Waals surface area contributed by atoms with Crippen molar-refractivity contribution in [3.05, 3.63) is 83.6 Å². The van der Waals surface area contributed by atoms with Gasteiger partial charge in [0.25, 0.3) is 0 Å². The van der Waals surface area contributed by atoms with Gasteiger partial charge in [-0.25, -0.2) is 9.97 Å². The van der Waals surface area contributed by atoms with Crippen molar-refractivity contribution in [2.24, 2.45) is 0 Å². The van der Waals surface area contributed by atoms with Crippen LogP contribution in [0.5, 0.6) is 0 Å². The van der Waals surface area contributed by atoms with Crippen molar-refractivity contribution < 1.29 is 0 Å². The van der Waals surface area contributed by atoms with Crippen LogP contribution in [-0.2, 0) is 0 Å². The van der Waals surface area contributed by atoms with E-state index in [-0.39, 0.29) is 0 Å². The van der Waals surface area contributed by atoms with Gasteiger partial charge in [0.1, 0.15) is 10.1 Å². The highest BCUT2D eigenvalue weighted by atomic mass is 32.2. The zero-order valence-electron chi connectivity index (χ0n) is 12.8. The van der Waals surface area contributed by atoms with Gasteiger partial charge in [-0.1, -0.05) is 72.1 Å². The molecule has 116 valence electrons. The molecular formula is C20H14N2S2. The lowest BCUT2D eigenvalue weighted by atomic mass is 10.2. The molecule has 2 heterocycles. The Labute approximate surface area is 149 Å². The van der Waals surface area contributed by atoms with Crippen LogP contribution in [0.25, 0.3) is 21.8 Å². The van der Waals surface area contributed by atoms with E-state index in [1.165, 1.54) is 10.8 Å². The van der Waals surface area contributed by atoms with Crippen LogP contribution >= 0.6 is 23.5 Å². The van der Waals surface area contributed by atoms with E-state index in [2.05, 4.69) is 57.2 Å². The van der Waals surface area contributed by atoms with Gasteiger partial charge in [0.05, 0.1) is 11.0 Å². The predicted molar refractivity (Wildman–Crippen MR) is 104 cm³/mol. The van der Waals surface area contributed by atoms with E-state index in [0.717, 1.165) is 21.1 Å². The lowest BCUT2D eigenvalue weighted by Crippen LogP contribution is -1.81. The van der Waals surface area contributed by atoms with Gasteiger partial charge in [0, 0.05) is 10.8 Å². The number of hydrogen-bond donors (Lipinski definition) is 0. The number of rotatable bonds is 4. The van der Waals surface area contributed by atoms with Crippen LogP contribution in [0.15, 0.2) is 93.7 Å². The third-order valence-electron chi connectivity index (χ3n) is 3.58. The lowest BCUT2D eigenvalue weighted by molar-refractivity contribution is 1.19. The van der Waals surface area contributed by atoms with Crippen LogP contribution in [0.1, 0.15) is 0 Å². The summed E-state index contributed by atoms with van der Waals surface area (Å²) in [5.74, 6) is 0. The van der Waals surface area contributed by atoms with Crippen LogP contribution in [-0.4, -0.2) is 9.97 Å². The normalized spacial score (nSPS) is 11.5. The molecule has 2 aromatic heterocycles. The van der Waals surface area contributed by atoms with Gasteiger partial charge in [-0.15, -0.1) is 0 Å². The highest BCUT2D eigenvalue weighted by molar-refractivity contribution is 8.05. The topological polar surface area (TPSA) is 25.8 Å². The first-order chi connectivity index (χ1) is 11.9. The fourth-order valence-corrected chi connectivity index (χ4v) is 3.74. The molecule has 0 saturated heterocycles. The zero-order valence-corrected chi connectivity index (χ0v) is 14.4. The minimum atomic E-state index is 0.997. The van der Waals surface area contributed by atoms with E-state index in [9.17, 15) is 0 Å². The molecule has 4 heteroatoms. The summed E-state index contributed by atoms with van der Waals surface area (Å²) in [5, 5.41) is 8.44. The fourth-order valence-electron chi connectivity index (χ4n) is 2.42. The molecule has 4 rings (SSSR count). The number of thioether (sulfide) groups is 2. The molecule has 4 aromatic rings. The largest absolute Gasteiger partial charge is 0.241 e. The Morgan fingerprint density at radius 1 is 0.542 bits per heavy atom. The first kappa shape index (κ1) is 15.2. The number of hydrogen-bond acceptors (Lipinski definition) is 4. The minimum Gasteiger partial charge on any atom is -0.241 e. The van der Waals surface area contributed by atoms with Crippen molar-refractivity contribution in [1.29, 1.82) is 0 Å². The molecule has 0 N–H and O–H groups in total. The highest BCUT2D eigenvalue weighted by Crippen LogP contribution is 2.25. The number of aromatic nitrogens is 2. The van der Waals surface area contributed by atoms with Gasteiger partial charge in [-0.3, -0.25) is 0 Å². The molecule has 0 aliphatic rings. The van der Waals surface area contributed by atoms with Gasteiger partial charge < -0.3 is 0 Å². The second-order valence-electron chi connectivity index (χ2n) is 5.19. The van der Waals surface area contributed by atoms with Crippen molar-refractivity contribution in [3.63, 3.8) is 0 Å². The van der Waals surface area contributed by atoms with Gasteiger partial charge in [-0.2, -0.15) is 0 Å². The molecule has 0 aliphatic carbocycles. The second-order valence-corrected chi connectivity index (χ2v) is 7.04. The van der Waals surface area contributed by atoms with E-state index in [1.807, 2.05) is 36.4 Å². The molecule has 0 saturated carbocycles. The second kappa shape index (κ2) is 7.07. The molecule has 0 spiro atoms. The lowest BCUT2D eigenvalue weighted by Gasteiger charge is -2.00. The van der Waals surface area contributed by atoms with E-state index < -0.39 is 0 Å². The molecule has 0 fully saturated rings. The van der Waals surface area contributed by atoms with Crippen LogP contribution in [0.2, 0.25) is 0 Å². The maximum absolute atomic E-state index is 4.65. The van der Waals surface area contributed by atoms with Crippen molar-refractivity contribution in [1.82, 2.24) is 9.97 Å². The maximum atomic E-state index is 4.65. The van der Waals surface area contributed by atoms with Gasteiger partial charge in [0.15, 0.2) is 0 Å². The number of fused-ring (bicyclic) bond motifs is 2. The van der Waals surface area contributed by atoms with Gasteiger partial charge in [0.2, 0.25) is 0 Å². The molecule has 0 bridgehead atoms. The molecular weight excluding hydrogens is 332 g/mol. The third kappa shape index (κ3) is 3.45. The molecule has 0 radical (unpaired) electrons. The third-order valence-corrected chi connectivity index (χ3v) is 5.23. The van der Waals surface area contributed by atoms with E-state index >= 15 is 0 Å². The standard InChI is InChI=1S/C20H14N2S2/c1-3-7-17-15(5-1)9-11-19(21-17)23-13-14-24-20-12-10-16-6-2-4-8-18(16)22-20/h1-14H/b14-13+.